The molecule has 7 nitrogen and oxygen atoms in total. The number of rotatable bonds is 3. The molecule has 0 spiro atoms. The van der Waals surface area contributed by atoms with Crippen molar-refractivity contribution in [3.05, 3.63) is 28.4 Å². The number of amides is 2. The molecule has 0 aliphatic heterocycles. The fourth-order valence-corrected chi connectivity index (χ4v) is 2.15. The van der Waals surface area contributed by atoms with E-state index < -0.39 is 4.92 Å². The van der Waals surface area contributed by atoms with Gasteiger partial charge < -0.3 is 5.32 Å². The standard InChI is InChI=1S/C12H16N4O3/c17-12(14-9-4-2-1-3-5-9)15-11-7-6-10(8-13-11)16(18)19/h6-9H,1-5H2,(H2,13,14,15,17). The van der Waals surface area contributed by atoms with Crippen LogP contribution in [0.4, 0.5) is 16.3 Å². The molecule has 0 atom stereocenters. The van der Waals surface area contributed by atoms with Crippen molar-refractivity contribution in [2.75, 3.05) is 5.32 Å². The van der Waals surface area contributed by atoms with E-state index >= 15 is 0 Å². The van der Waals surface area contributed by atoms with E-state index in [2.05, 4.69) is 15.6 Å². The molecule has 0 unspecified atom stereocenters. The minimum atomic E-state index is -0.529. The van der Waals surface area contributed by atoms with Gasteiger partial charge in [0.1, 0.15) is 12.0 Å². The summed E-state index contributed by atoms with van der Waals surface area (Å²) >= 11 is 0. The highest BCUT2D eigenvalue weighted by molar-refractivity contribution is 5.88. The van der Waals surface area contributed by atoms with Crippen LogP contribution in [0.5, 0.6) is 0 Å². The molecule has 1 fully saturated rings. The summed E-state index contributed by atoms with van der Waals surface area (Å²) in [6.45, 7) is 0. The third kappa shape index (κ3) is 3.90. The van der Waals surface area contributed by atoms with E-state index in [1.165, 1.54) is 18.6 Å². The molecule has 2 rings (SSSR count). The summed E-state index contributed by atoms with van der Waals surface area (Å²) in [7, 11) is 0. The maximum absolute atomic E-state index is 11.7. The summed E-state index contributed by atoms with van der Waals surface area (Å²) in [4.78, 5) is 25.5. The SMILES string of the molecule is O=C(Nc1ccc([N+](=O)[O-])cn1)NC1CCCCC1. The number of nitrogens with zero attached hydrogens (tertiary/aromatic N) is 2. The lowest BCUT2D eigenvalue weighted by Crippen LogP contribution is -2.39. The van der Waals surface area contributed by atoms with E-state index in [0.717, 1.165) is 31.9 Å². The molecule has 102 valence electrons. The minimum absolute atomic E-state index is 0.0989. The number of anilines is 1. The highest BCUT2D eigenvalue weighted by atomic mass is 16.6. The molecular weight excluding hydrogens is 248 g/mol. The van der Waals surface area contributed by atoms with Gasteiger partial charge in [-0.05, 0) is 18.9 Å². The van der Waals surface area contributed by atoms with Crippen molar-refractivity contribution in [1.29, 1.82) is 0 Å². The Morgan fingerprint density at radius 2 is 2.05 bits per heavy atom. The molecule has 0 bridgehead atoms. The van der Waals surface area contributed by atoms with Gasteiger partial charge in [0, 0.05) is 12.1 Å². The van der Waals surface area contributed by atoms with Crippen LogP contribution in [0.3, 0.4) is 0 Å². The number of hydrogen-bond acceptors (Lipinski definition) is 4. The monoisotopic (exact) mass is 264 g/mol. The summed E-state index contributed by atoms with van der Waals surface area (Å²) in [5, 5.41) is 15.9. The normalized spacial score (nSPS) is 15.8. The molecule has 1 saturated carbocycles. The predicted molar refractivity (Wildman–Crippen MR) is 69.9 cm³/mol. The number of urea groups is 1. The summed E-state index contributed by atoms with van der Waals surface area (Å²) in [6.07, 6.45) is 6.63. The van der Waals surface area contributed by atoms with Gasteiger partial charge in [-0.1, -0.05) is 19.3 Å². The van der Waals surface area contributed by atoms with Gasteiger partial charge in [-0.25, -0.2) is 9.78 Å². The molecule has 1 aliphatic rings. The van der Waals surface area contributed by atoms with Gasteiger partial charge in [-0.15, -0.1) is 0 Å². The zero-order chi connectivity index (χ0) is 13.7. The molecule has 7 heteroatoms. The van der Waals surface area contributed by atoms with Gasteiger partial charge in [0.2, 0.25) is 0 Å². The first-order chi connectivity index (χ1) is 9.15. The van der Waals surface area contributed by atoms with E-state index in [4.69, 9.17) is 0 Å². The van der Waals surface area contributed by atoms with E-state index in [1.54, 1.807) is 0 Å². The molecule has 1 heterocycles. The summed E-state index contributed by atoms with van der Waals surface area (Å²) in [6, 6.07) is 2.63. The van der Waals surface area contributed by atoms with Crippen LogP contribution in [0.1, 0.15) is 32.1 Å². The number of carbonyl (C=O) groups excluding carboxylic acids is 1. The molecule has 1 aromatic heterocycles. The van der Waals surface area contributed by atoms with Crippen molar-refractivity contribution in [3.8, 4) is 0 Å². The van der Waals surface area contributed by atoms with Crippen LogP contribution in [0.25, 0.3) is 0 Å². The third-order valence-corrected chi connectivity index (χ3v) is 3.14. The number of aromatic nitrogens is 1. The first-order valence-electron chi connectivity index (χ1n) is 6.33. The Balaban J connectivity index is 1.85. The van der Waals surface area contributed by atoms with E-state index in [1.807, 2.05) is 0 Å². The number of pyridine rings is 1. The fraction of sp³-hybridized carbons (Fsp3) is 0.500. The zero-order valence-corrected chi connectivity index (χ0v) is 10.5. The first kappa shape index (κ1) is 13.3. The smallest absolute Gasteiger partial charge is 0.320 e. The van der Waals surface area contributed by atoms with Gasteiger partial charge in [-0.3, -0.25) is 15.4 Å². The minimum Gasteiger partial charge on any atom is -0.335 e. The average Bonchev–Trinajstić information content (AvgIpc) is 2.40. The maximum Gasteiger partial charge on any atom is 0.320 e. The lowest BCUT2D eigenvalue weighted by atomic mass is 9.96. The Kier molecular flexibility index (Phi) is 4.27. The lowest BCUT2D eigenvalue weighted by Gasteiger charge is -2.22. The Morgan fingerprint density at radius 3 is 2.63 bits per heavy atom. The molecule has 1 aromatic rings. The number of nitrogens with one attached hydrogen (secondary N) is 2. The third-order valence-electron chi connectivity index (χ3n) is 3.14. The Labute approximate surface area is 110 Å². The lowest BCUT2D eigenvalue weighted by molar-refractivity contribution is -0.385. The quantitative estimate of drug-likeness (QED) is 0.647. The number of carbonyl (C=O) groups is 1. The van der Waals surface area contributed by atoms with Crippen molar-refractivity contribution >= 4 is 17.5 Å². The molecule has 19 heavy (non-hydrogen) atoms. The molecule has 1 aliphatic carbocycles. The fourth-order valence-electron chi connectivity index (χ4n) is 2.15. The van der Waals surface area contributed by atoms with Crippen LogP contribution < -0.4 is 10.6 Å². The van der Waals surface area contributed by atoms with Crippen molar-refractivity contribution in [2.24, 2.45) is 0 Å². The van der Waals surface area contributed by atoms with Gasteiger partial charge in [0.25, 0.3) is 5.69 Å². The second-order valence-electron chi connectivity index (χ2n) is 4.59. The van der Waals surface area contributed by atoms with Crippen LogP contribution in [0, 0.1) is 10.1 Å². The van der Waals surface area contributed by atoms with Gasteiger partial charge in [0.05, 0.1) is 4.92 Å². The average molecular weight is 264 g/mol. The van der Waals surface area contributed by atoms with Crippen LogP contribution >= 0.6 is 0 Å². The van der Waals surface area contributed by atoms with Crippen molar-refractivity contribution < 1.29 is 9.72 Å². The van der Waals surface area contributed by atoms with Crippen molar-refractivity contribution in [3.63, 3.8) is 0 Å². The number of nitro groups is 1. The summed E-state index contributed by atoms with van der Waals surface area (Å²) in [5.41, 5.74) is -0.0989. The van der Waals surface area contributed by atoms with E-state index in [0.29, 0.717) is 5.82 Å². The van der Waals surface area contributed by atoms with Crippen molar-refractivity contribution in [1.82, 2.24) is 10.3 Å². The molecule has 2 amide bonds. The van der Waals surface area contributed by atoms with Gasteiger partial charge in [0.15, 0.2) is 0 Å². The van der Waals surface area contributed by atoms with Gasteiger partial charge >= 0.3 is 6.03 Å². The topological polar surface area (TPSA) is 97.2 Å². The molecule has 0 radical (unpaired) electrons. The van der Waals surface area contributed by atoms with Crippen LogP contribution in [0.2, 0.25) is 0 Å². The maximum atomic E-state index is 11.7. The second-order valence-corrected chi connectivity index (χ2v) is 4.59. The predicted octanol–water partition coefficient (Wildman–Crippen LogP) is 2.44. The molecule has 0 aromatic carbocycles. The van der Waals surface area contributed by atoms with Crippen LogP contribution in [-0.4, -0.2) is 22.0 Å². The van der Waals surface area contributed by atoms with Crippen LogP contribution in [0.15, 0.2) is 18.3 Å². The Hall–Kier alpha value is -2.18. The molecular formula is C12H16N4O3. The van der Waals surface area contributed by atoms with Crippen LogP contribution in [-0.2, 0) is 0 Å². The highest BCUT2D eigenvalue weighted by Crippen LogP contribution is 2.17. The molecule has 0 saturated heterocycles. The largest absolute Gasteiger partial charge is 0.335 e. The Bertz CT molecular complexity index is 455. The summed E-state index contributed by atoms with van der Waals surface area (Å²) in [5.74, 6) is 0.305. The van der Waals surface area contributed by atoms with Gasteiger partial charge in [-0.2, -0.15) is 0 Å². The van der Waals surface area contributed by atoms with E-state index in [-0.39, 0.29) is 17.8 Å². The summed E-state index contributed by atoms with van der Waals surface area (Å²) < 4.78 is 0. The van der Waals surface area contributed by atoms with E-state index in [9.17, 15) is 14.9 Å². The first-order valence-corrected chi connectivity index (χ1v) is 6.33. The van der Waals surface area contributed by atoms with Crippen molar-refractivity contribution in [2.45, 2.75) is 38.1 Å². The highest BCUT2D eigenvalue weighted by Gasteiger charge is 2.16. The second kappa shape index (κ2) is 6.12. The number of hydrogen-bond donors (Lipinski definition) is 2. The Morgan fingerprint density at radius 1 is 1.32 bits per heavy atom. The zero-order valence-electron chi connectivity index (χ0n) is 10.5. The molecule has 2 N–H and O–H groups in total.